The molecule has 5 heteroatoms. The third-order valence-electron chi connectivity index (χ3n) is 3.69. The van der Waals surface area contributed by atoms with E-state index in [2.05, 4.69) is 5.32 Å². The Morgan fingerprint density at radius 2 is 1.70 bits per heavy atom. The summed E-state index contributed by atoms with van der Waals surface area (Å²) in [5.74, 6) is -0.892. The van der Waals surface area contributed by atoms with Crippen molar-refractivity contribution in [2.45, 2.75) is 72.4 Å². The van der Waals surface area contributed by atoms with Gasteiger partial charge < -0.3 is 15.3 Å². The largest absolute Gasteiger partial charge is 0.481 e. The summed E-state index contributed by atoms with van der Waals surface area (Å²) in [5.41, 5.74) is -0.286. The molecule has 0 radical (unpaired) electrons. The van der Waals surface area contributed by atoms with E-state index in [-0.39, 0.29) is 29.4 Å². The highest BCUT2D eigenvalue weighted by Gasteiger charge is 2.29. The molecule has 2 N–H and O–H groups in total. The van der Waals surface area contributed by atoms with Crippen molar-refractivity contribution in [3.8, 4) is 0 Å². The summed E-state index contributed by atoms with van der Waals surface area (Å²) in [4.78, 5) is 24.8. The highest BCUT2D eigenvalue weighted by Crippen LogP contribution is 2.23. The number of nitrogens with one attached hydrogen (secondary N) is 1. The lowest BCUT2D eigenvalue weighted by atomic mass is 9.87. The summed E-state index contributed by atoms with van der Waals surface area (Å²) in [6.07, 6.45) is 1.41. The van der Waals surface area contributed by atoms with Gasteiger partial charge in [-0.05, 0) is 32.1 Å². The van der Waals surface area contributed by atoms with Gasteiger partial charge in [-0.3, -0.25) is 4.79 Å². The third kappa shape index (κ3) is 6.78. The summed E-state index contributed by atoms with van der Waals surface area (Å²) in [6, 6.07) is -0.567. The molecule has 20 heavy (non-hydrogen) atoms. The molecule has 0 saturated carbocycles. The highest BCUT2D eigenvalue weighted by atomic mass is 16.4. The second-order valence-corrected chi connectivity index (χ2v) is 7.23. The van der Waals surface area contributed by atoms with Crippen LogP contribution >= 0.6 is 0 Å². The molecule has 0 fully saturated rings. The van der Waals surface area contributed by atoms with Gasteiger partial charge in [0, 0.05) is 18.6 Å². The van der Waals surface area contributed by atoms with E-state index < -0.39 is 5.97 Å². The number of rotatable bonds is 6. The number of carboxylic acids is 1. The maximum Gasteiger partial charge on any atom is 0.317 e. The Hall–Kier alpha value is -1.26. The summed E-state index contributed by atoms with van der Waals surface area (Å²) < 4.78 is 0. The molecular weight excluding hydrogens is 256 g/mol. The van der Waals surface area contributed by atoms with Gasteiger partial charge in [0.05, 0.1) is 6.42 Å². The van der Waals surface area contributed by atoms with Crippen molar-refractivity contribution < 1.29 is 14.7 Å². The van der Waals surface area contributed by atoms with Gasteiger partial charge in [0.1, 0.15) is 0 Å². The summed E-state index contributed by atoms with van der Waals surface area (Å²) in [5, 5.41) is 11.8. The molecular formula is C15H30N2O3. The molecule has 1 unspecified atom stereocenters. The Labute approximate surface area is 122 Å². The van der Waals surface area contributed by atoms with Crippen LogP contribution < -0.4 is 5.32 Å². The number of carboxylic acid groups (broad SMARTS) is 1. The fraction of sp³-hybridized carbons (Fsp3) is 0.867. The molecule has 0 aliphatic rings. The first kappa shape index (κ1) is 18.7. The number of hydrogen-bond acceptors (Lipinski definition) is 2. The van der Waals surface area contributed by atoms with Gasteiger partial charge in [-0.15, -0.1) is 0 Å². The normalized spacial score (nSPS) is 13.8. The number of aliphatic carboxylic acids is 1. The van der Waals surface area contributed by atoms with Crippen molar-refractivity contribution in [1.82, 2.24) is 10.2 Å². The SMILES string of the molecule is CCC(C)(C)N(C)C(=O)NC(CC(=O)O)CC(C)(C)C. The molecule has 0 aliphatic heterocycles. The number of carbonyl (C=O) groups excluding carboxylic acids is 1. The Morgan fingerprint density at radius 1 is 1.20 bits per heavy atom. The molecule has 2 amide bonds. The Morgan fingerprint density at radius 3 is 2.05 bits per heavy atom. The zero-order valence-electron chi connectivity index (χ0n) is 13.9. The quantitative estimate of drug-likeness (QED) is 0.788. The molecule has 1 atom stereocenters. The second kappa shape index (κ2) is 6.95. The first-order valence-corrected chi connectivity index (χ1v) is 7.15. The van der Waals surface area contributed by atoms with E-state index in [1.807, 2.05) is 41.5 Å². The molecule has 0 aromatic rings. The maximum absolute atomic E-state index is 12.2. The van der Waals surface area contributed by atoms with Crippen LogP contribution in [0.2, 0.25) is 0 Å². The van der Waals surface area contributed by atoms with Gasteiger partial charge in [0.25, 0.3) is 0 Å². The van der Waals surface area contributed by atoms with Gasteiger partial charge in [-0.25, -0.2) is 4.79 Å². The van der Waals surface area contributed by atoms with Crippen LogP contribution in [0.4, 0.5) is 4.79 Å². The molecule has 0 heterocycles. The molecule has 0 aromatic carbocycles. The topological polar surface area (TPSA) is 69.6 Å². The van der Waals surface area contributed by atoms with Crippen molar-refractivity contribution in [1.29, 1.82) is 0 Å². The van der Waals surface area contributed by atoms with Crippen LogP contribution in [-0.4, -0.2) is 40.6 Å². The smallest absolute Gasteiger partial charge is 0.317 e. The molecule has 118 valence electrons. The van der Waals surface area contributed by atoms with Crippen molar-refractivity contribution in [2.75, 3.05) is 7.05 Å². The van der Waals surface area contributed by atoms with Gasteiger partial charge in [-0.2, -0.15) is 0 Å². The predicted molar refractivity (Wildman–Crippen MR) is 80.8 cm³/mol. The Bertz CT molecular complexity index is 346. The van der Waals surface area contributed by atoms with Crippen molar-refractivity contribution in [2.24, 2.45) is 5.41 Å². The number of amides is 2. The van der Waals surface area contributed by atoms with Gasteiger partial charge in [0.2, 0.25) is 0 Å². The molecule has 5 nitrogen and oxygen atoms in total. The fourth-order valence-corrected chi connectivity index (χ4v) is 1.91. The van der Waals surface area contributed by atoms with E-state index in [0.29, 0.717) is 6.42 Å². The van der Waals surface area contributed by atoms with Gasteiger partial charge in [-0.1, -0.05) is 27.7 Å². The molecule has 0 aliphatic carbocycles. The highest BCUT2D eigenvalue weighted by molar-refractivity contribution is 5.76. The first-order valence-electron chi connectivity index (χ1n) is 7.15. The van der Waals surface area contributed by atoms with Crippen molar-refractivity contribution >= 4 is 12.0 Å². The maximum atomic E-state index is 12.2. The van der Waals surface area contributed by atoms with Gasteiger partial charge >= 0.3 is 12.0 Å². The molecule has 0 rings (SSSR count). The Balaban J connectivity index is 4.81. The molecule has 0 bridgehead atoms. The number of carbonyl (C=O) groups is 2. The van der Waals surface area contributed by atoms with Crippen LogP contribution in [-0.2, 0) is 4.79 Å². The van der Waals surface area contributed by atoms with Crippen LogP contribution in [0.25, 0.3) is 0 Å². The van der Waals surface area contributed by atoms with Crippen LogP contribution in [0.1, 0.15) is 60.8 Å². The lowest BCUT2D eigenvalue weighted by molar-refractivity contribution is -0.137. The Kier molecular flexibility index (Phi) is 6.51. The minimum atomic E-state index is -0.892. The van der Waals surface area contributed by atoms with Crippen molar-refractivity contribution in [3.63, 3.8) is 0 Å². The summed E-state index contributed by atoms with van der Waals surface area (Å²) in [6.45, 7) is 12.1. The van der Waals surface area contributed by atoms with E-state index in [1.165, 1.54) is 0 Å². The van der Waals surface area contributed by atoms with E-state index >= 15 is 0 Å². The minimum Gasteiger partial charge on any atom is -0.481 e. The lowest BCUT2D eigenvalue weighted by Crippen LogP contribution is -2.52. The van der Waals surface area contributed by atoms with Crippen LogP contribution in [0.3, 0.4) is 0 Å². The summed E-state index contributed by atoms with van der Waals surface area (Å²) >= 11 is 0. The van der Waals surface area contributed by atoms with E-state index in [4.69, 9.17) is 5.11 Å². The van der Waals surface area contributed by atoms with E-state index in [1.54, 1.807) is 11.9 Å². The van der Waals surface area contributed by atoms with Crippen LogP contribution in [0.5, 0.6) is 0 Å². The van der Waals surface area contributed by atoms with Crippen LogP contribution in [0.15, 0.2) is 0 Å². The zero-order chi connectivity index (χ0) is 16.1. The second-order valence-electron chi connectivity index (χ2n) is 7.23. The van der Waals surface area contributed by atoms with E-state index in [9.17, 15) is 9.59 Å². The van der Waals surface area contributed by atoms with Gasteiger partial charge in [0.15, 0.2) is 0 Å². The minimum absolute atomic E-state index is 0.0355. The summed E-state index contributed by atoms with van der Waals surface area (Å²) in [7, 11) is 1.74. The third-order valence-corrected chi connectivity index (χ3v) is 3.69. The zero-order valence-corrected chi connectivity index (χ0v) is 13.9. The number of nitrogens with zero attached hydrogens (tertiary/aromatic N) is 1. The fourth-order valence-electron chi connectivity index (χ4n) is 1.91. The number of hydrogen-bond donors (Lipinski definition) is 2. The van der Waals surface area contributed by atoms with E-state index in [0.717, 1.165) is 6.42 Å². The van der Waals surface area contributed by atoms with Crippen molar-refractivity contribution in [3.05, 3.63) is 0 Å². The van der Waals surface area contributed by atoms with Crippen LogP contribution in [0, 0.1) is 5.41 Å². The average molecular weight is 286 g/mol. The molecule has 0 saturated heterocycles. The number of urea groups is 1. The average Bonchev–Trinajstić information content (AvgIpc) is 2.24. The molecule has 0 spiro atoms. The predicted octanol–water partition coefficient (Wildman–Crippen LogP) is 3.10. The standard InChI is InChI=1S/C15H30N2O3/c1-8-15(5,6)17(7)13(20)16-11(9-12(18)19)10-14(2,3)4/h11H,8-10H2,1-7H3,(H,16,20)(H,18,19). The first-order chi connectivity index (χ1) is 8.89. The monoisotopic (exact) mass is 286 g/mol. The lowest BCUT2D eigenvalue weighted by Gasteiger charge is -2.36. The molecule has 0 aromatic heterocycles.